The van der Waals surface area contributed by atoms with E-state index in [1.807, 2.05) is 24.3 Å². The highest BCUT2D eigenvalue weighted by Crippen LogP contribution is 2.37. The van der Waals surface area contributed by atoms with E-state index in [0.29, 0.717) is 31.7 Å². The lowest BCUT2D eigenvalue weighted by Crippen LogP contribution is -2.50. The Kier molecular flexibility index (Phi) is 5.95. The molecule has 5 nitrogen and oxygen atoms in total. The summed E-state index contributed by atoms with van der Waals surface area (Å²) in [5, 5.41) is 0.879. The number of amides is 2. The quantitative estimate of drug-likeness (QED) is 0.650. The summed E-state index contributed by atoms with van der Waals surface area (Å²) in [5.41, 5.74) is 1.36. The molecule has 1 saturated heterocycles. The maximum atomic E-state index is 13.4. The first-order valence-electron chi connectivity index (χ1n) is 10.5. The molecular formula is C24H24F3N3O2. The second-order valence-electron chi connectivity index (χ2n) is 8.06. The zero-order valence-corrected chi connectivity index (χ0v) is 17.7. The Morgan fingerprint density at radius 3 is 2.38 bits per heavy atom. The first-order chi connectivity index (χ1) is 15.2. The number of aromatic amines is 1. The Morgan fingerprint density at radius 1 is 1.00 bits per heavy atom. The van der Waals surface area contributed by atoms with E-state index < -0.39 is 17.7 Å². The fourth-order valence-corrected chi connectivity index (χ4v) is 4.30. The Balaban J connectivity index is 1.66. The van der Waals surface area contributed by atoms with Gasteiger partial charge in [-0.05, 0) is 23.3 Å². The number of hydrogen-bond donors (Lipinski definition) is 1. The number of carbonyl (C=O) groups is 2. The molecule has 0 radical (unpaired) electrons. The van der Waals surface area contributed by atoms with Gasteiger partial charge in [0.25, 0.3) is 0 Å². The molecule has 0 spiro atoms. The molecule has 2 amide bonds. The molecule has 1 unspecified atom stereocenters. The highest BCUT2D eigenvalue weighted by molar-refractivity contribution is 5.86. The Bertz CT molecular complexity index is 1130. The third kappa shape index (κ3) is 4.49. The van der Waals surface area contributed by atoms with Crippen LogP contribution in [0.1, 0.15) is 36.0 Å². The summed E-state index contributed by atoms with van der Waals surface area (Å²) < 4.78 is 40.1. The number of alkyl halides is 3. The summed E-state index contributed by atoms with van der Waals surface area (Å²) >= 11 is 0. The largest absolute Gasteiger partial charge is 0.416 e. The number of benzene rings is 2. The highest BCUT2D eigenvalue weighted by atomic mass is 19.4. The van der Waals surface area contributed by atoms with Crippen LogP contribution in [0.4, 0.5) is 13.2 Å². The number of hydrogen-bond acceptors (Lipinski definition) is 2. The van der Waals surface area contributed by atoms with Gasteiger partial charge in [0.05, 0.1) is 5.56 Å². The van der Waals surface area contributed by atoms with Crippen molar-refractivity contribution in [1.82, 2.24) is 14.8 Å². The van der Waals surface area contributed by atoms with E-state index in [4.69, 9.17) is 0 Å². The van der Waals surface area contributed by atoms with Crippen molar-refractivity contribution in [1.29, 1.82) is 0 Å². The van der Waals surface area contributed by atoms with Crippen LogP contribution in [0.15, 0.2) is 54.7 Å². The van der Waals surface area contributed by atoms with Crippen molar-refractivity contribution < 1.29 is 22.8 Å². The number of aromatic nitrogens is 1. The molecule has 32 heavy (non-hydrogen) atoms. The molecule has 2 aromatic carbocycles. The van der Waals surface area contributed by atoms with E-state index in [0.717, 1.165) is 28.6 Å². The van der Waals surface area contributed by atoms with Gasteiger partial charge in [0.1, 0.15) is 0 Å². The van der Waals surface area contributed by atoms with E-state index in [2.05, 4.69) is 4.98 Å². The molecule has 8 heteroatoms. The average Bonchev–Trinajstić information content (AvgIpc) is 3.21. The van der Waals surface area contributed by atoms with Crippen molar-refractivity contribution in [3.05, 3.63) is 71.4 Å². The number of piperazine rings is 1. The summed E-state index contributed by atoms with van der Waals surface area (Å²) in [6.45, 7) is 3.26. The minimum atomic E-state index is -4.46. The summed E-state index contributed by atoms with van der Waals surface area (Å²) in [6, 6.07) is 12.7. The predicted molar refractivity (Wildman–Crippen MR) is 115 cm³/mol. The van der Waals surface area contributed by atoms with Crippen molar-refractivity contribution in [2.45, 2.75) is 25.4 Å². The number of rotatable bonds is 4. The fourth-order valence-electron chi connectivity index (χ4n) is 4.30. The van der Waals surface area contributed by atoms with Crippen molar-refractivity contribution in [2.24, 2.45) is 0 Å². The van der Waals surface area contributed by atoms with E-state index in [-0.39, 0.29) is 18.2 Å². The fraction of sp³-hybridized carbons (Fsp3) is 0.333. The number of nitrogens with zero attached hydrogens (tertiary/aromatic N) is 2. The van der Waals surface area contributed by atoms with Gasteiger partial charge in [-0.2, -0.15) is 13.2 Å². The summed E-state index contributed by atoms with van der Waals surface area (Å²) in [7, 11) is 0. The second-order valence-corrected chi connectivity index (χ2v) is 8.06. The van der Waals surface area contributed by atoms with Gasteiger partial charge in [-0.15, -0.1) is 0 Å². The van der Waals surface area contributed by atoms with Crippen LogP contribution in [0.3, 0.4) is 0 Å². The van der Waals surface area contributed by atoms with Crippen molar-refractivity contribution in [2.75, 3.05) is 26.2 Å². The number of nitrogens with one attached hydrogen (secondary N) is 1. The van der Waals surface area contributed by atoms with Crippen LogP contribution >= 0.6 is 0 Å². The van der Waals surface area contributed by atoms with Gasteiger partial charge in [0.15, 0.2) is 0 Å². The summed E-state index contributed by atoms with van der Waals surface area (Å²) in [6.07, 6.45) is -2.65. The Hall–Kier alpha value is -3.29. The molecule has 1 atom stereocenters. The maximum absolute atomic E-state index is 13.4. The van der Waals surface area contributed by atoms with Crippen LogP contribution in [-0.4, -0.2) is 52.8 Å². The van der Waals surface area contributed by atoms with Gasteiger partial charge in [0.2, 0.25) is 11.8 Å². The van der Waals surface area contributed by atoms with E-state index >= 15 is 0 Å². The minimum absolute atomic E-state index is 0.0299. The number of halogens is 3. The number of fused-ring (bicyclic) bond motifs is 1. The van der Waals surface area contributed by atoms with Crippen LogP contribution in [0.5, 0.6) is 0 Å². The SMILES string of the molecule is CC(=O)N1CCN(C(=O)CC(c2cccc(C(F)(F)F)c2)c2c[nH]c3ccccc23)CC1. The van der Waals surface area contributed by atoms with Crippen LogP contribution < -0.4 is 0 Å². The van der Waals surface area contributed by atoms with Gasteiger partial charge >= 0.3 is 6.18 Å². The molecule has 0 saturated carbocycles. The molecule has 4 rings (SSSR count). The lowest BCUT2D eigenvalue weighted by Gasteiger charge is -2.35. The number of carbonyl (C=O) groups excluding carboxylic acids is 2. The smallest absolute Gasteiger partial charge is 0.361 e. The van der Waals surface area contributed by atoms with E-state index in [9.17, 15) is 22.8 Å². The molecule has 2 heterocycles. The average molecular weight is 443 g/mol. The van der Waals surface area contributed by atoms with E-state index in [1.54, 1.807) is 22.1 Å². The number of para-hydroxylation sites is 1. The lowest BCUT2D eigenvalue weighted by molar-refractivity contribution is -0.138. The predicted octanol–water partition coefficient (Wildman–Crippen LogP) is 4.40. The molecule has 1 aliphatic heterocycles. The molecular weight excluding hydrogens is 419 g/mol. The first-order valence-corrected chi connectivity index (χ1v) is 10.5. The Morgan fingerprint density at radius 2 is 1.69 bits per heavy atom. The third-order valence-corrected chi connectivity index (χ3v) is 6.07. The normalized spacial score (nSPS) is 15.8. The van der Waals surface area contributed by atoms with Gasteiger partial charge in [-0.25, -0.2) is 0 Å². The zero-order chi connectivity index (χ0) is 22.9. The molecule has 0 bridgehead atoms. The topological polar surface area (TPSA) is 56.4 Å². The van der Waals surface area contributed by atoms with Gasteiger partial charge < -0.3 is 14.8 Å². The summed E-state index contributed by atoms with van der Waals surface area (Å²) in [5.74, 6) is -0.703. The van der Waals surface area contributed by atoms with Crippen LogP contribution in [0.2, 0.25) is 0 Å². The zero-order valence-electron chi connectivity index (χ0n) is 17.7. The van der Waals surface area contributed by atoms with Crippen molar-refractivity contribution in [3.8, 4) is 0 Å². The minimum Gasteiger partial charge on any atom is -0.361 e. The van der Waals surface area contributed by atoms with Gasteiger partial charge in [-0.3, -0.25) is 9.59 Å². The molecule has 1 aromatic heterocycles. The van der Waals surface area contributed by atoms with Crippen LogP contribution in [0, 0.1) is 0 Å². The van der Waals surface area contributed by atoms with Gasteiger partial charge in [0, 0.05) is 62.5 Å². The third-order valence-electron chi connectivity index (χ3n) is 6.07. The maximum Gasteiger partial charge on any atom is 0.416 e. The molecule has 3 aromatic rings. The first kappa shape index (κ1) is 21.9. The van der Waals surface area contributed by atoms with Crippen LogP contribution in [0.25, 0.3) is 10.9 Å². The van der Waals surface area contributed by atoms with Gasteiger partial charge in [-0.1, -0.05) is 36.4 Å². The molecule has 1 N–H and O–H groups in total. The number of H-pyrrole nitrogens is 1. The molecule has 0 aliphatic carbocycles. The van der Waals surface area contributed by atoms with Crippen molar-refractivity contribution >= 4 is 22.7 Å². The Labute approximate surface area is 183 Å². The second kappa shape index (κ2) is 8.68. The molecule has 1 aliphatic rings. The van der Waals surface area contributed by atoms with E-state index in [1.165, 1.54) is 13.0 Å². The summed E-state index contributed by atoms with van der Waals surface area (Å²) in [4.78, 5) is 31.3. The standard InChI is InChI=1S/C24H24F3N3O2/c1-16(31)29-9-11-30(12-10-29)23(32)14-20(17-5-4-6-18(13-17)24(25,26)27)21-15-28-22-8-3-2-7-19(21)22/h2-8,13,15,20,28H,9-12,14H2,1H3. The highest BCUT2D eigenvalue weighted by Gasteiger charge is 2.32. The van der Waals surface area contributed by atoms with Crippen LogP contribution in [-0.2, 0) is 15.8 Å². The molecule has 168 valence electrons. The lowest BCUT2D eigenvalue weighted by atomic mass is 9.87. The van der Waals surface area contributed by atoms with Crippen molar-refractivity contribution in [3.63, 3.8) is 0 Å². The monoisotopic (exact) mass is 443 g/mol. The molecule has 1 fully saturated rings.